The fourth-order valence-corrected chi connectivity index (χ4v) is 2.45. The van der Waals surface area contributed by atoms with Gasteiger partial charge in [-0.25, -0.2) is 4.68 Å². The predicted molar refractivity (Wildman–Crippen MR) is 59.6 cm³/mol. The number of rotatable bonds is 5. The summed E-state index contributed by atoms with van der Waals surface area (Å²) in [5.41, 5.74) is 0. The number of nitrogens with zero attached hydrogens (tertiary/aromatic N) is 4. The van der Waals surface area contributed by atoms with E-state index < -0.39 is 0 Å². The Morgan fingerprint density at radius 1 is 1.19 bits per heavy atom. The van der Waals surface area contributed by atoms with Crippen molar-refractivity contribution in [2.75, 3.05) is 0 Å². The van der Waals surface area contributed by atoms with Crippen molar-refractivity contribution in [3.05, 3.63) is 5.82 Å². The van der Waals surface area contributed by atoms with Crippen LogP contribution in [0.2, 0.25) is 0 Å². The van der Waals surface area contributed by atoms with E-state index >= 15 is 0 Å². The maximum Gasteiger partial charge on any atom is 0.165 e. The van der Waals surface area contributed by atoms with E-state index in [2.05, 4.69) is 20.8 Å². The average molecular weight is 221 g/mol. The zero-order chi connectivity index (χ0) is 10.8. The van der Waals surface area contributed by atoms with Gasteiger partial charge in [-0.3, -0.25) is 0 Å². The lowest BCUT2D eigenvalue weighted by Gasteiger charge is -2.10. The van der Waals surface area contributed by atoms with E-state index in [1.54, 1.807) is 0 Å². The monoisotopic (exact) mass is 221 g/mol. The Kier molecular flexibility index (Phi) is 2.86. The predicted octanol–water partition coefficient (Wildman–Crippen LogP) is 1.12. The molecule has 1 N–H and O–H groups in total. The number of hydrogen-bond donors (Lipinski definition) is 1. The van der Waals surface area contributed by atoms with Crippen molar-refractivity contribution < 1.29 is 0 Å². The van der Waals surface area contributed by atoms with Crippen LogP contribution in [-0.2, 0) is 13.1 Å². The van der Waals surface area contributed by atoms with Crippen molar-refractivity contribution in [3.8, 4) is 0 Å². The van der Waals surface area contributed by atoms with Gasteiger partial charge < -0.3 is 5.32 Å². The minimum absolute atomic E-state index is 0.719. The van der Waals surface area contributed by atoms with Crippen LogP contribution in [0.3, 0.4) is 0 Å². The summed E-state index contributed by atoms with van der Waals surface area (Å²) in [4.78, 5) is 0. The molecular formula is C11H19N5. The van der Waals surface area contributed by atoms with E-state index in [4.69, 9.17) is 0 Å². The van der Waals surface area contributed by atoms with E-state index in [-0.39, 0.29) is 0 Å². The van der Waals surface area contributed by atoms with E-state index in [0.717, 1.165) is 30.9 Å². The average Bonchev–Trinajstić information content (AvgIpc) is 2.79. The normalized spacial score (nSPS) is 21.8. The third-order valence-corrected chi connectivity index (χ3v) is 3.64. The number of hydrogen-bond acceptors (Lipinski definition) is 4. The molecule has 3 rings (SSSR count). The molecule has 0 unspecified atom stereocenters. The van der Waals surface area contributed by atoms with Crippen LogP contribution in [0.25, 0.3) is 0 Å². The van der Waals surface area contributed by atoms with Crippen LogP contribution in [0.15, 0.2) is 0 Å². The van der Waals surface area contributed by atoms with Gasteiger partial charge in [-0.1, -0.05) is 12.8 Å². The molecular weight excluding hydrogens is 202 g/mol. The molecule has 0 atom stereocenters. The Bertz CT molecular complexity index is 338. The van der Waals surface area contributed by atoms with Gasteiger partial charge in [0.25, 0.3) is 0 Å². The molecule has 0 bridgehead atoms. The van der Waals surface area contributed by atoms with Crippen molar-refractivity contribution in [1.29, 1.82) is 0 Å². The van der Waals surface area contributed by atoms with E-state index in [9.17, 15) is 0 Å². The molecule has 2 aliphatic rings. The molecule has 0 amide bonds. The van der Waals surface area contributed by atoms with Gasteiger partial charge in [0, 0.05) is 12.6 Å². The van der Waals surface area contributed by atoms with Crippen LogP contribution >= 0.6 is 0 Å². The summed E-state index contributed by atoms with van der Waals surface area (Å²) in [6.07, 6.45) is 8.06. The lowest BCUT2D eigenvalue weighted by Crippen LogP contribution is -2.21. The van der Waals surface area contributed by atoms with E-state index in [0.29, 0.717) is 0 Å². The SMILES string of the molecule is C1CCC(Cn2nnnc2CNC2CC2)C1. The molecule has 0 saturated heterocycles. The lowest BCUT2D eigenvalue weighted by atomic mass is 10.1. The van der Waals surface area contributed by atoms with Crippen LogP contribution in [0.5, 0.6) is 0 Å². The van der Waals surface area contributed by atoms with Crippen molar-refractivity contribution in [2.45, 2.75) is 57.7 Å². The van der Waals surface area contributed by atoms with Crippen molar-refractivity contribution in [3.63, 3.8) is 0 Å². The molecule has 16 heavy (non-hydrogen) atoms. The number of tetrazole rings is 1. The second kappa shape index (κ2) is 4.49. The van der Waals surface area contributed by atoms with Gasteiger partial charge >= 0.3 is 0 Å². The molecule has 1 heterocycles. The first-order chi connectivity index (χ1) is 7.92. The fourth-order valence-electron chi connectivity index (χ4n) is 2.45. The molecule has 2 aliphatic carbocycles. The number of nitrogens with one attached hydrogen (secondary N) is 1. The quantitative estimate of drug-likeness (QED) is 0.809. The van der Waals surface area contributed by atoms with Gasteiger partial charge in [0.1, 0.15) is 0 Å². The first kappa shape index (κ1) is 10.2. The Morgan fingerprint density at radius 2 is 2.00 bits per heavy atom. The first-order valence-corrected chi connectivity index (χ1v) is 6.40. The summed E-state index contributed by atoms with van der Waals surface area (Å²) < 4.78 is 1.99. The highest BCUT2D eigenvalue weighted by Gasteiger charge is 2.22. The Balaban J connectivity index is 1.57. The standard InChI is InChI=1S/C11H19N5/c1-2-4-9(3-1)8-16-11(13-14-15-16)7-12-10-5-6-10/h9-10,12H,1-8H2. The summed E-state index contributed by atoms with van der Waals surface area (Å²) in [6.45, 7) is 1.83. The second-order valence-corrected chi connectivity index (χ2v) is 5.08. The maximum absolute atomic E-state index is 4.10. The third kappa shape index (κ3) is 2.40. The largest absolute Gasteiger partial charge is 0.307 e. The first-order valence-electron chi connectivity index (χ1n) is 6.40. The van der Waals surface area contributed by atoms with Gasteiger partial charge in [0.05, 0.1) is 6.54 Å². The minimum Gasteiger partial charge on any atom is -0.307 e. The van der Waals surface area contributed by atoms with E-state index in [1.165, 1.54) is 38.5 Å². The molecule has 2 fully saturated rings. The van der Waals surface area contributed by atoms with Crippen LogP contribution in [-0.4, -0.2) is 26.2 Å². The van der Waals surface area contributed by atoms with E-state index in [1.807, 2.05) is 4.68 Å². The number of aromatic nitrogens is 4. The molecule has 88 valence electrons. The molecule has 0 radical (unpaired) electrons. The summed E-state index contributed by atoms with van der Waals surface area (Å²) >= 11 is 0. The van der Waals surface area contributed by atoms with Crippen molar-refractivity contribution in [2.24, 2.45) is 5.92 Å². The zero-order valence-corrected chi connectivity index (χ0v) is 9.60. The topological polar surface area (TPSA) is 55.6 Å². The molecule has 1 aromatic rings. The summed E-state index contributed by atoms with van der Waals surface area (Å²) in [6, 6.07) is 0.719. The Morgan fingerprint density at radius 3 is 2.75 bits per heavy atom. The Labute approximate surface area is 95.6 Å². The summed E-state index contributed by atoms with van der Waals surface area (Å²) in [7, 11) is 0. The highest BCUT2D eigenvalue weighted by Crippen LogP contribution is 2.26. The molecule has 0 aliphatic heterocycles. The van der Waals surface area contributed by atoms with Crippen molar-refractivity contribution >= 4 is 0 Å². The lowest BCUT2D eigenvalue weighted by molar-refractivity contribution is 0.407. The van der Waals surface area contributed by atoms with Crippen LogP contribution in [0.1, 0.15) is 44.3 Å². The van der Waals surface area contributed by atoms with Crippen LogP contribution in [0.4, 0.5) is 0 Å². The van der Waals surface area contributed by atoms with Gasteiger partial charge in [-0.15, -0.1) is 5.10 Å². The molecule has 5 nitrogen and oxygen atoms in total. The van der Waals surface area contributed by atoms with Gasteiger partial charge in [0.2, 0.25) is 0 Å². The highest BCUT2D eigenvalue weighted by atomic mass is 15.5. The third-order valence-electron chi connectivity index (χ3n) is 3.64. The molecule has 2 saturated carbocycles. The minimum atomic E-state index is 0.719. The van der Waals surface area contributed by atoms with Crippen molar-refractivity contribution in [1.82, 2.24) is 25.5 Å². The van der Waals surface area contributed by atoms with Crippen LogP contribution < -0.4 is 5.32 Å². The van der Waals surface area contributed by atoms with Crippen LogP contribution in [0, 0.1) is 5.92 Å². The Hall–Kier alpha value is -0.970. The van der Waals surface area contributed by atoms with Gasteiger partial charge in [-0.2, -0.15) is 0 Å². The molecule has 5 heteroatoms. The summed E-state index contributed by atoms with van der Waals surface area (Å²) in [5, 5.41) is 15.4. The zero-order valence-electron chi connectivity index (χ0n) is 9.60. The van der Waals surface area contributed by atoms with Gasteiger partial charge in [-0.05, 0) is 42.0 Å². The van der Waals surface area contributed by atoms with Gasteiger partial charge in [0.15, 0.2) is 5.82 Å². The maximum atomic E-state index is 4.10. The molecule has 0 spiro atoms. The highest BCUT2D eigenvalue weighted by molar-refractivity contribution is 4.87. The summed E-state index contributed by atoms with van der Waals surface area (Å²) in [5.74, 6) is 1.79. The fraction of sp³-hybridized carbons (Fsp3) is 0.909. The molecule has 1 aromatic heterocycles. The second-order valence-electron chi connectivity index (χ2n) is 5.08. The smallest absolute Gasteiger partial charge is 0.165 e. The molecule has 0 aromatic carbocycles.